The summed E-state index contributed by atoms with van der Waals surface area (Å²) in [7, 11) is 0. The van der Waals surface area contributed by atoms with Gasteiger partial charge in [-0.05, 0) is 48.6 Å². The van der Waals surface area contributed by atoms with Crippen LogP contribution in [0.5, 0.6) is 0 Å². The molecule has 2 heterocycles. The smallest absolute Gasteiger partial charge is 0.232 e. The van der Waals surface area contributed by atoms with E-state index in [1.54, 1.807) is 12.4 Å². The first-order valence-corrected chi connectivity index (χ1v) is 8.48. The van der Waals surface area contributed by atoms with Gasteiger partial charge >= 0.3 is 0 Å². The molecule has 3 aromatic rings. The Hall–Kier alpha value is -2.88. The molecule has 128 valence electrons. The van der Waals surface area contributed by atoms with E-state index in [9.17, 15) is 0 Å². The van der Waals surface area contributed by atoms with Crippen LogP contribution in [-0.4, -0.2) is 9.13 Å². The van der Waals surface area contributed by atoms with Crippen molar-refractivity contribution in [1.82, 2.24) is 9.13 Å². The van der Waals surface area contributed by atoms with Crippen LogP contribution in [0.15, 0.2) is 56.7 Å². The van der Waals surface area contributed by atoms with Crippen molar-refractivity contribution in [3.63, 3.8) is 0 Å². The minimum Gasteiger partial charge on any atom is -0.232 e. The van der Waals surface area contributed by atoms with E-state index in [-0.39, 0.29) is 0 Å². The van der Waals surface area contributed by atoms with Gasteiger partial charge in [0.25, 0.3) is 0 Å². The molecule has 0 saturated heterocycles. The summed E-state index contributed by atoms with van der Waals surface area (Å²) in [4.78, 5) is 0. The van der Waals surface area contributed by atoms with E-state index in [1.165, 1.54) is 27.8 Å². The van der Waals surface area contributed by atoms with Crippen LogP contribution < -0.4 is 9.13 Å². The Bertz CT molecular complexity index is 855. The minimum atomic E-state index is 0.865. The highest BCUT2D eigenvalue weighted by atomic mass is 15.1. The zero-order chi connectivity index (χ0) is 18.0. The maximum Gasteiger partial charge on any atom is 0.248 e. The Morgan fingerprint density at radius 2 is 1.28 bits per heavy atom. The molecule has 0 aliphatic heterocycles. The molecular weight excluding hydrogens is 308 g/mol. The van der Waals surface area contributed by atoms with Gasteiger partial charge < -0.3 is 0 Å². The monoisotopic (exact) mass is 334 g/mol. The third-order valence-electron chi connectivity index (χ3n) is 4.82. The van der Waals surface area contributed by atoms with Gasteiger partial charge in [-0.2, -0.15) is 0 Å². The number of imidazole rings is 2. The zero-order valence-corrected chi connectivity index (χ0v) is 15.3. The van der Waals surface area contributed by atoms with Gasteiger partial charge in [0, 0.05) is 0 Å². The molecule has 4 nitrogen and oxygen atoms in total. The molecule has 0 radical (unpaired) electrons. The number of benzene rings is 1. The Labute approximate surface area is 149 Å². The Morgan fingerprint density at radius 3 is 1.64 bits per heavy atom. The molecule has 0 aliphatic carbocycles. The summed E-state index contributed by atoms with van der Waals surface area (Å²) < 4.78 is 8.32. The first-order chi connectivity index (χ1) is 12.0. The Morgan fingerprint density at radius 1 is 0.840 bits per heavy atom. The molecule has 2 aromatic heterocycles. The lowest BCUT2D eigenvalue weighted by atomic mass is 9.93. The number of hydrogen-bond acceptors (Lipinski definition) is 0. The number of hydrogen-bond donors (Lipinski definition) is 0. The second kappa shape index (κ2) is 6.93. The zero-order valence-electron chi connectivity index (χ0n) is 15.3. The first-order valence-electron chi connectivity index (χ1n) is 8.48. The quantitative estimate of drug-likeness (QED) is 0.617. The molecule has 25 heavy (non-hydrogen) atoms. The lowest BCUT2D eigenvalue weighted by Crippen LogP contribution is -2.34. The summed E-state index contributed by atoms with van der Waals surface area (Å²) in [5.41, 5.74) is 6.82. The largest absolute Gasteiger partial charge is 0.248 e. The van der Waals surface area contributed by atoms with E-state index in [1.807, 2.05) is 21.5 Å². The Balaban J connectivity index is 1.95. The SMILES string of the molecule is C=Cn1cc[n+](Cc2c(C)cc(C)c(C[n+]3ccn(C=C)c3)c2C)c1. The second-order valence-electron chi connectivity index (χ2n) is 6.52. The topological polar surface area (TPSA) is 17.6 Å². The third-order valence-corrected chi connectivity index (χ3v) is 4.82. The van der Waals surface area contributed by atoms with Crippen LogP contribution in [0.1, 0.15) is 27.8 Å². The highest BCUT2D eigenvalue weighted by Crippen LogP contribution is 2.22. The van der Waals surface area contributed by atoms with Crippen LogP contribution in [0.25, 0.3) is 12.4 Å². The molecule has 4 heteroatoms. The fraction of sp³-hybridized carbons (Fsp3) is 0.238. The van der Waals surface area contributed by atoms with E-state index in [0.29, 0.717) is 0 Å². The number of rotatable bonds is 6. The van der Waals surface area contributed by atoms with E-state index < -0.39 is 0 Å². The normalized spacial score (nSPS) is 10.8. The molecule has 0 aliphatic rings. The van der Waals surface area contributed by atoms with Crippen molar-refractivity contribution in [2.24, 2.45) is 0 Å². The predicted octanol–water partition coefficient (Wildman–Crippen LogP) is 3.09. The van der Waals surface area contributed by atoms with Gasteiger partial charge in [0.1, 0.15) is 37.9 Å². The van der Waals surface area contributed by atoms with Crippen molar-refractivity contribution in [2.45, 2.75) is 33.9 Å². The van der Waals surface area contributed by atoms with Gasteiger partial charge in [0.2, 0.25) is 12.7 Å². The fourth-order valence-electron chi connectivity index (χ4n) is 3.35. The molecule has 1 aromatic carbocycles. The third kappa shape index (κ3) is 3.48. The van der Waals surface area contributed by atoms with Gasteiger partial charge in [-0.15, -0.1) is 0 Å². The average Bonchev–Trinajstić information content (AvgIpc) is 3.24. The van der Waals surface area contributed by atoms with Crippen molar-refractivity contribution in [3.8, 4) is 0 Å². The van der Waals surface area contributed by atoms with E-state index in [0.717, 1.165) is 13.1 Å². The number of aromatic nitrogens is 4. The standard InChI is InChI=1S/C21H26N4/c1-6-22-8-10-24(15-22)13-20-17(3)12-18(4)21(19(20)5)14-25-11-9-23(7-2)16-25/h6-12,15-16H,1-2,13-14H2,3-5H3/q+2. The summed E-state index contributed by atoms with van der Waals surface area (Å²) in [5.74, 6) is 0. The minimum absolute atomic E-state index is 0.865. The predicted molar refractivity (Wildman–Crippen MR) is 101 cm³/mol. The molecule has 0 amide bonds. The summed E-state index contributed by atoms with van der Waals surface area (Å²) in [6.45, 7) is 16.0. The Kier molecular flexibility index (Phi) is 4.70. The molecule has 0 spiro atoms. The summed E-state index contributed by atoms with van der Waals surface area (Å²) >= 11 is 0. The lowest BCUT2D eigenvalue weighted by molar-refractivity contribution is -0.688. The average molecular weight is 334 g/mol. The van der Waals surface area contributed by atoms with Crippen LogP contribution in [0.2, 0.25) is 0 Å². The van der Waals surface area contributed by atoms with E-state index in [2.05, 4.69) is 74.2 Å². The molecule has 0 N–H and O–H groups in total. The molecule has 0 atom stereocenters. The number of nitrogens with zero attached hydrogens (tertiary/aromatic N) is 4. The summed E-state index contributed by atoms with van der Waals surface area (Å²) in [6.07, 6.45) is 15.9. The van der Waals surface area contributed by atoms with Gasteiger partial charge in [0.15, 0.2) is 0 Å². The molecule has 3 rings (SSSR count). The van der Waals surface area contributed by atoms with Crippen molar-refractivity contribution in [2.75, 3.05) is 0 Å². The first kappa shape index (κ1) is 17.0. The highest BCUT2D eigenvalue weighted by molar-refractivity contribution is 5.44. The van der Waals surface area contributed by atoms with Crippen molar-refractivity contribution < 1.29 is 9.13 Å². The van der Waals surface area contributed by atoms with Gasteiger partial charge in [0.05, 0.1) is 12.4 Å². The lowest BCUT2D eigenvalue weighted by Gasteiger charge is -2.15. The number of aryl methyl sites for hydroxylation is 2. The van der Waals surface area contributed by atoms with Crippen LogP contribution in [0.4, 0.5) is 0 Å². The van der Waals surface area contributed by atoms with E-state index in [4.69, 9.17) is 0 Å². The maximum atomic E-state index is 3.81. The van der Waals surface area contributed by atoms with Crippen LogP contribution in [-0.2, 0) is 13.1 Å². The van der Waals surface area contributed by atoms with Crippen LogP contribution >= 0.6 is 0 Å². The van der Waals surface area contributed by atoms with Gasteiger partial charge in [-0.25, -0.2) is 18.3 Å². The highest BCUT2D eigenvalue weighted by Gasteiger charge is 2.16. The molecule has 0 fully saturated rings. The van der Waals surface area contributed by atoms with Crippen molar-refractivity contribution in [1.29, 1.82) is 0 Å². The fourth-order valence-corrected chi connectivity index (χ4v) is 3.35. The molecule has 0 bridgehead atoms. The van der Waals surface area contributed by atoms with Gasteiger partial charge in [-0.1, -0.05) is 19.2 Å². The molecule has 0 unspecified atom stereocenters. The van der Waals surface area contributed by atoms with E-state index >= 15 is 0 Å². The van der Waals surface area contributed by atoms with Crippen LogP contribution in [0.3, 0.4) is 0 Å². The molecular formula is C21H26N4+2. The second-order valence-corrected chi connectivity index (χ2v) is 6.52. The summed E-state index contributed by atoms with van der Waals surface area (Å²) in [6, 6.07) is 2.30. The maximum absolute atomic E-state index is 3.81. The van der Waals surface area contributed by atoms with Crippen molar-refractivity contribution >= 4 is 12.4 Å². The summed E-state index contributed by atoms with van der Waals surface area (Å²) in [5, 5.41) is 0. The van der Waals surface area contributed by atoms with Crippen LogP contribution in [0, 0.1) is 20.8 Å². The van der Waals surface area contributed by atoms with Gasteiger partial charge in [-0.3, -0.25) is 0 Å². The van der Waals surface area contributed by atoms with Crippen molar-refractivity contribution in [3.05, 3.63) is 84.5 Å². The molecule has 0 saturated carbocycles.